The van der Waals surface area contributed by atoms with E-state index in [1.807, 2.05) is 7.11 Å². The topological polar surface area (TPSA) is 30.5 Å². The zero-order chi connectivity index (χ0) is 11.5. The molecular weight excluding hydrogens is 202 g/mol. The molecule has 1 aliphatic heterocycles. The molecule has 0 aromatic carbocycles. The Morgan fingerprint density at radius 3 is 2.44 bits per heavy atom. The normalized spacial score (nSPS) is 44.8. The van der Waals surface area contributed by atoms with Crippen molar-refractivity contribution >= 4 is 0 Å². The molecule has 4 atom stereocenters. The van der Waals surface area contributed by atoms with Crippen molar-refractivity contribution in [3.8, 4) is 0 Å². The van der Waals surface area contributed by atoms with Crippen LogP contribution in [0.1, 0.15) is 46.0 Å². The van der Waals surface area contributed by atoms with Crippen LogP contribution in [0, 0.1) is 0 Å². The molecule has 94 valence electrons. The van der Waals surface area contributed by atoms with Crippen LogP contribution in [0.4, 0.5) is 0 Å². The average Bonchev–Trinajstić information content (AvgIpc) is 2.63. The summed E-state index contributed by atoms with van der Waals surface area (Å²) in [5.74, 6) is 0. The van der Waals surface area contributed by atoms with Gasteiger partial charge in [0.25, 0.3) is 0 Å². The molecule has 0 bridgehead atoms. The lowest BCUT2D eigenvalue weighted by atomic mass is 9.98. The monoisotopic (exact) mass is 227 g/mol. The molecule has 2 fully saturated rings. The predicted molar refractivity (Wildman–Crippen MR) is 64.6 cm³/mol. The molecule has 2 aliphatic rings. The molecule has 1 N–H and O–H groups in total. The molecule has 3 heteroatoms. The second-order valence-corrected chi connectivity index (χ2v) is 5.40. The van der Waals surface area contributed by atoms with Crippen LogP contribution >= 0.6 is 0 Å². The van der Waals surface area contributed by atoms with Crippen LogP contribution in [-0.4, -0.2) is 37.5 Å². The summed E-state index contributed by atoms with van der Waals surface area (Å²) < 4.78 is 11.3. The van der Waals surface area contributed by atoms with E-state index in [0.29, 0.717) is 30.4 Å². The van der Waals surface area contributed by atoms with Gasteiger partial charge in [0.1, 0.15) is 0 Å². The zero-order valence-electron chi connectivity index (χ0n) is 10.7. The van der Waals surface area contributed by atoms with Crippen LogP contribution in [0.2, 0.25) is 0 Å². The maximum atomic E-state index is 5.76. The first-order valence-corrected chi connectivity index (χ1v) is 6.63. The fourth-order valence-corrected chi connectivity index (χ4v) is 3.24. The summed E-state index contributed by atoms with van der Waals surface area (Å²) in [6.45, 7) is 4.35. The van der Waals surface area contributed by atoms with Gasteiger partial charge in [0.15, 0.2) is 0 Å². The third-order valence-electron chi connectivity index (χ3n) is 3.90. The van der Waals surface area contributed by atoms with Gasteiger partial charge < -0.3 is 14.8 Å². The molecule has 1 heterocycles. The highest BCUT2D eigenvalue weighted by Gasteiger charge is 2.31. The molecule has 1 saturated carbocycles. The first kappa shape index (κ1) is 12.3. The van der Waals surface area contributed by atoms with E-state index in [1.165, 1.54) is 19.3 Å². The van der Waals surface area contributed by atoms with Crippen molar-refractivity contribution in [3.05, 3.63) is 0 Å². The van der Waals surface area contributed by atoms with Crippen LogP contribution in [0.5, 0.6) is 0 Å². The van der Waals surface area contributed by atoms with Gasteiger partial charge in [0.2, 0.25) is 0 Å². The summed E-state index contributed by atoms with van der Waals surface area (Å²) in [5, 5.41) is 3.77. The van der Waals surface area contributed by atoms with Gasteiger partial charge in [-0.2, -0.15) is 0 Å². The van der Waals surface area contributed by atoms with Crippen molar-refractivity contribution in [1.82, 2.24) is 5.32 Å². The molecule has 0 aromatic rings. The highest BCUT2D eigenvalue weighted by atomic mass is 16.5. The Morgan fingerprint density at radius 1 is 1.12 bits per heavy atom. The molecule has 16 heavy (non-hydrogen) atoms. The molecule has 1 aliphatic carbocycles. The van der Waals surface area contributed by atoms with E-state index in [0.717, 1.165) is 12.8 Å². The summed E-state index contributed by atoms with van der Waals surface area (Å²) in [6.07, 6.45) is 7.25. The van der Waals surface area contributed by atoms with E-state index in [9.17, 15) is 0 Å². The van der Waals surface area contributed by atoms with Gasteiger partial charge in [-0.1, -0.05) is 0 Å². The summed E-state index contributed by atoms with van der Waals surface area (Å²) in [5.41, 5.74) is 0. The van der Waals surface area contributed by atoms with Crippen molar-refractivity contribution in [2.45, 2.75) is 76.3 Å². The quantitative estimate of drug-likeness (QED) is 0.801. The Balaban J connectivity index is 1.84. The van der Waals surface area contributed by atoms with Crippen LogP contribution in [0.3, 0.4) is 0 Å². The maximum absolute atomic E-state index is 5.76. The third kappa shape index (κ3) is 2.96. The number of ether oxygens (including phenoxy) is 2. The summed E-state index contributed by atoms with van der Waals surface area (Å²) in [6, 6.07) is 1.17. The van der Waals surface area contributed by atoms with Crippen LogP contribution in [0.15, 0.2) is 0 Å². The highest BCUT2D eigenvalue weighted by Crippen LogP contribution is 2.25. The van der Waals surface area contributed by atoms with Gasteiger partial charge in [0, 0.05) is 19.2 Å². The minimum absolute atomic E-state index is 0.392. The van der Waals surface area contributed by atoms with Gasteiger partial charge in [-0.05, 0) is 46.0 Å². The largest absolute Gasteiger partial charge is 0.380 e. The average molecular weight is 227 g/mol. The SMILES string of the molecule is COC1CCCC1NC1CC(C)OC(C)C1. The van der Waals surface area contributed by atoms with Gasteiger partial charge in [-0.15, -0.1) is 0 Å². The van der Waals surface area contributed by atoms with Crippen molar-refractivity contribution < 1.29 is 9.47 Å². The Morgan fingerprint density at radius 2 is 1.81 bits per heavy atom. The Kier molecular flexibility index (Phi) is 4.22. The first-order chi connectivity index (χ1) is 7.69. The Hall–Kier alpha value is -0.120. The fourth-order valence-electron chi connectivity index (χ4n) is 3.24. The fraction of sp³-hybridized carbons (Fsp3) is 1.00. The lowest BCUT2D eigenvalue weighted by Crippen LogP contribution is -2.48. The molecule has 2 rings (SSSR count). The molecule has 1 saturated heterocycles. The molecule has 4 unspecified atom stereocenters. The minimum atomic E-state index is 0.392. The van der Waals surface area contributed by atoms with Crippen molar-refractivity contribution in [1.29, 1.82) is 0 Å². The van der Waals surface area contributed by atoms with Gasteiger partial charge in [-0.3, -0.25) is 0 Å². The van der Waals surface area contributed by atoms with Crippen LogP contribution in [0.25, 0.3) is 0 Å². The number of rotatable bonds is 3. The van der Waals surface area contributed by atoms with E-state index in [2.05, 4.69) is 19.2 Å². The van der Waals surface area contributed by atoms with E-state index < -0.39 is 0 Å². The standard InChI is InChI=1S/C13H25NO2/c1-9-7-11(8-10(2)16-9)14-12-5-4-6-13(12)15-3/h9-14H,4-8H2,1-3H3. The second kappa shape index (κ2) is 5.48. The van der Waals surface area contributed by atoms with Crippen LogP contribution in [-0.2, 0) is 9.47 Å². The number of hydrogen-bond acceptors (Lipinski definition) is 3. The number of methoxy groups -OCH3 is 1. The van der Waals surface area contributed by atoms with E-state index >= 15 is 0 Å². The van der Waals surface area contributed by atoms with Gasteiger partial charge in [-0.25, -0.2) is 0 Å². The predicted octanol–water partition coefficient (Wildman–Crippen LogP) is 2.10. The Bertz CT molecular complexity index is 212. The lowest BCUT2D eigenvalue weighted by Gasteiger charge is -2.35. The second-order valence-electron chi connectivity index (χ2n) is 5.40. The molecule has 3 nitrogen and oxygen atoms in total. The van der Waals surface area contributed by atoms with E-state index in [-0.39, 0.29) is 0 Å². The van der Waals surface area contributed by atoms with Gasteiger partial charge in [0.05, 0.1) is 18.3 Å². The van der Waals surface area contributed by atoms with Crippen molar-refractivity contribution in [2.75, 3.05) is 7.11 Å². The molecule has 0 spiro atoms. The maximum Gasteiger partial charge on any atom is 0.0724 e. The molecule has 0 aromatic heterocycles. The van der Waals surface area contributed by atoms with Gasteiger partial charge >= 0.3 is 0 Å². The van der Waals surface area contributed by atoms with Crippen LogP contribution < -0.4 is 5.32 Å². The summed E-state index contributed by atoms with van der Waals surface area (Å²) in [7, 11) is 1.83. The minimum Gasteiger partial charge on any atom is -0.380 e. The molecular formula is C13H25NO2. The summed E-state index contributed by atoms with van der Waals surface area (Å²) >= 11 is 0. The third-order valence-corrected chi connectivity index (χ3v) is 3.90. The van der Waals surface area contributed by atoms with E-state index in [4.69, 9.17) is 9.47 Å². The molecule has 0 radical (unpaired) electrons. The highest BCUT2D eigenvalue weighted by molar-refractivity contribution is 4.89. The first-order valence-electron chi connectivity index (χ1n) is 6.63. The smallest absolute Gasteiger partial charge is 0.0724 e. The molecule has 0 amide bonds. The number of nitrogens with one attached hydrogen (secondary N) is 1. The summed E-state index contributed by atoms with van der Waals surface area (Å²) in [4.78, 5) is 0. The van der Waals surface area contributed by atoms with Crippen molar-refractivity contribution in [2.24, 2.45) is 0 Å². The van der Waals surface area contributed by atoms with Crippen molar-refractivity contribution in [3.63, 3.8) is 0 Å². The zero-order valence-corrected chi connectivity index (χ0v) is 10.7. The van der Waals surface area contributed by atoms with E-state index in [1.54, 1.807) is 0 Å². The number of hydrogen-bond donors (Lipinski definition) is 1. The Labute approximate surface area is 98.9 Å². The lowest BCUT2D eigenvalue weighted by molar-refractivity contribution is -0.0463.